The molecule has 0 bridgehead atoms. The van der Waals surface area contributed by atoms with Gasteiger partial charge in [-0.05, 0) is 44.7 Å². The Morgan fingerprint density at radius 3 is 2.56 bits per heavy atom. The Bertz CT molecular complexity index is 314. The molecule has 0 radical (unpaired) electrons. The van der Waals surface area contributed by atoms with E-state index in [9.17, 15) is 0 Å². The monoisotopic (exact) mass is 219 g/mol. The molecule has 1 aromatic heterocycles. The van der Waals surface area contributed by atoms with Crippen LogP contribution in [-0.2, 0) is 0 Å². The summed E-state index contributed by atoms with van der Waals surface area (Å²) in [4.78, 5) is 0. The van der Waals surface area contributed by atoms with Crippen molar-refractivity contribution in [1.82, 2.24) is 10.2 Å². The maximum absolute atomic E-state index is 4.15. The Kier molecular flexibility index (Phi) is 3.75. The fourth-order valence-electron chi connectivity index (χ4n) is 2.46. The van der Waals surface area contributed by atoms with E-state index in [4.69, 9.17) is 0 Å². The van der Waals surface area contributed by atoms with Crippen molar-refractivity contribution in [3.05, 3.63) is 17.8 Å². The van der Waals surface area contributed by atoms with Gasteiger partial charge in [0.05, 0.1) is 5.69 Å². The molecule has 0 amide bonds. The zero-order valence-corrected chi connectivity index (χ0v) is 10.2. The third-order valence-corrected chi connectivity index (χ3v) is 3.53. The van der Waals surface area contributed by atoms with Gasteiger partial charge in [-0.2, -0.15) is 5.10 Å². The highest BCUT2D eigenvalue weighted by Crippen LogP contribution is 2.27. The number of anilines is 1. The first kappa shape index (κ1) is 11.4. The van der Waals surface area contributed by atoms with E-state index in [1.54, 1.807) is 0 Å². The zero-order valence-electron chi connectivity index (χ0n) is 10.2. The molecule has 1 fully saturated rings. The predicted octanol–water partition coefficient (Wildman–Crippen LogP) is 3.17. The molecule has 88 valence electrons. The van der Waals surface area contributed by atoms with Gasteiger partial charge in [-0.25, -0.2) is 0 Å². The van der Waals surface area contributed by atoms with Gasteiger partial charge in [0.25, 0.3) is 0 Å². The summed E-state index contributed by atoms with van der Waals surface area (Å²) < 4.78 is 0. The molecule has 3 heteroatoms. The van der Waals surface area contributed by atoms with E-state index in [2.05, 4.69) is 22.4 Å². The lowest BCUT2D eigenvalue weighted by atomic mass is 9.84. The van der Waals surface area contributed by atoms with Gasteiger partial charge in [0.1, 0.15) is 5.82 Å². The van der Waals surface area contributed by atoms with Gasteiger partial charge in [0.15, 0.2) is 0 Å². The summed E-state index contributed by atoms with van der Waals surface area (Å²) >= 11 is 0. The molecule has 1 aromatic rings. The van der Waals surface area contributed by atoms with Crippen molar-refractivity contribution in [2.24, 2.45) is 5.92 Å². The molecule has 16 heavy (non-hydrogen) atoms. The summed E-state index contributed by atoms with van der Waals surface area (Å²) in [7, 11) is 0. The van der Waals surface area contributed by atoms with Crippen LogP contribution < -0.4 is 5.32 Å². The number of aryl methyl sites for hydroxylation is 1. The molecule has 0 aromatic carbocycles. The van der Waals surface area contributed by atoms with E-state index in [0.717, 1.165) is 17.4 Å². The van der Waals surface area contributed by atoms with E-state index >= 15 is 0 Å². The van der Waals surface area contributed by atoms with Crippen molar-refractivity contribution >= 4 is 5.82 Å². The number of hydrogen-bond donors (Lipinski definition) is 1. The largest absolute Gasteiger partial charge is 0.366 e. The third kappa shape index (κ3) is 2.94. The van der Waals surface area contributed by atoms with Gasteiger partial charge in [-0.1, -0.05) is 19.3 Å². The maximum atomic E-state index is 4.15. The molecule has 1 aliphatic rings. The highest BCUT2D eigenvalue weighted by Gasteiger charge is 2.19. The van der Waals surface area contributed by atoms with Gasteiger partial charge in [0, 0.05) is 6.04 Å². The normalized spacial score (nSPS) is 19.4. The number of nitrogens with zero attached hydrogens (tertiary/aromatic N) is 2. The second-order valence-electron chi connectivity index (χ2n) is 4.89. The van der Waals surface area contributed by atoms with Gasteiger partial charge < -0.3 is 5.32 Å². The molecule has 0 aliphatic heterocycles. The fourth-order valence-corrected chi connectivity index (χ4v) is 2.46. The smallest absolute Gasteiger partial charge is 0.148 e. The first-order valence-electron chi connectivity index (χ1n) is 6.32. The third-order valence-electron chi connectivity index (χ3n) is 3.53. The van der Waals surface area contributed by atoms with E-state index in [-0.39, 0.29) is 0 Å². The molecule has 2 rings (SSSR count). The van der Waals surface area contributed by atoms with Crippen molar-refractivity contribution in [2.75, 3.05) is 5.32 Å². The second kappa shape index (κ2) is 5.28. The minimum Gasteiger partial charge on any atom is -0.366 e. The summed E-state index contributed by atoms with van der Waals surface area (Å²) in [6.07, 6.45) is 6.89. The summed E-state index contributed by atoms with van der Waals surface area (Å²) in [6, 6.07) is 4.53. The molecule has 1 N–H and O–H groups in total. The minimum absolute atomic E-state index is 0.511. The molecule has 0 spiro atoms. The van der Waals surface area contributed by atoms with Gasteiger partial charge in [-0.15, -0.1) is 5.10 Å². The van der Waals surface area contributed by atoms with Crippen molar-refractivity contribution < 1.29 is 0 Å². The van der Waals surface area contributed by atoms with Gasteiger partial charge >= 0.3 is 0 Å². The highest BCUT2D eigenvalue weighted by molar-refractivity contribution is 5.34. The van der Waals surface area contributed by atoms with E-state index in [1.165, 1.54) is 32.1 Å². The standard InChI is InChI=1S/C13H21N3/c1-10-8-9-13(16-15-10)14-11(2)12-6-4-3-5-7-12/h8-9,11-12H,3-7H2,1-2H3,(H,14,16). The second-order valence-corrected chi connectivity index (χ2v) is 4.89. The average molecular weight is 219 g/mol. The molecule has 3 nitrogen and oxygen atoms in total. The number of rotatable bonds is 3. The first-order valence-corrected chi connectivity index (χ1v) is 6.32. The van der Waals surface area contributed by atoms with Crippen molar-refractivity contribution in [1.29, 1.82) is 0 Å². The van der Waals surface area contributed by atoms with Crippen LogP contribution in [0.25, 0.3) is 0 Å². The number of hydrogen-bond acceptors (Lipinski definition) is 3. The maximum Gasteiger partial charge on any atom is 0.148 e. The van der Waals surface area contributed by atoms with Crippen LogP contribution in [0.1, 0.15) is 44.7 Å². The highest BCUT2D eigenvalue weighted by atomic mass is 15.2. The summed E-state index contributed by atoms with van der Waals surface area (Å²) in [5.74, 6) is 1.71. The molecule has 1 atom stereocenters. The number of nitrogens with one attached hydrogen (secondary N) is 1. The van der Waals surface area contributed by atoms with E-state index < -0.39 is 0 Å². The van der Waals surface area contributed by atoms with E-state index in [0.29, 0.717) is 6.04 Å². The average Bonchev–Trinajstić information content (AvgIpc) is 2.33. The summed E-state index contributed by atoms with van der Waals surface area (Å²) in [6.45, 7) is 4.22. The Morgan fingerprint density at radius 2 is 1.94 bits per heavy atom. The lowest BCUT2D eigenvalue weighted by Gasteiger charge is -2.28. The van der Waals surface area contributed by atoms with E-state index in [1.807, 2.05) is 19.1 Å². The van der Waals surface area contributed by atoms with Crippen LogP contribution in [0.3, 0.4) is 0 Å². The SMILES string of the molecule is Cc1ccc(NC(C)C2CCCCC2)nn1. The summed E-state index contributed by atoms with van der Waals surface area (Å²) in [5, 5.41) is 11.7. The molecular formula is C13H21N3. The molecule has 1 heterocycles. The minimum atomic E-state index is 0.511. The molecule has 1 aliphatic carbocycles. The quantitative estimate of drug-likeness (QED) is 0.848. The molecular weight excluding hydrogens is 198 g/mol. The van der Waals surface area contributed by atoms with Crippen LogP contribution in [0.15, 0.2) is 12.1 Å². The van der Waals surface area contributed by atoms with Crippen LogP contribution in [0.2, 0.25) is 0 Å². The van der Waals surface area contributed by atoms with Crippen molar-refractivity contribution in [3.63, 3.8) is 0 Å². The Morgan fingerprint density at radius 1 is 1.19 bits per heavy atom. The molecule has 1 unspecified atom stereocenters. The summed E-state index contributed by atoms with van der Waals surface area (Å²) in [5.41, 5.74) is 0.968. The Labute approximate surface area is 97.7 Å². The molecule has 0 saturated heterocycles. The zero-order chi connectivity index (χ0) is 11.4. The van der Waals surface area contributed by atoms with Crippen molar-refractivity contribution in [3.8, 4) is 0 Å². The van der Waals surface area contributed by atoms with Crippen LogP contribution in [-0.4, -0.2) is 16.2 Å². The molecule has 1 saturated carbocycles. The van der Waals surface area contributed by atoms with Gasteiger partial charge in [-0.3, -0.25) is 0 Å². The first-order chi connectivity index (χ1) is 7.75. The van der Waals surface area contributed by atoms with Gasteiger partial charge in [0.2, 0.25) is 0 Å². The Hall–Kier alpha value is -1.12. The van der Waals surface area contributed by atoms with Crippen LogP contribution >= 0.6 is 0 Å². The Balaban J connectivity index is 1.90. The van der Waals surface area contributed by atoms with Crippen LogP contribution in [0.5, 0.6) is 0 Å². The number of aromatic nitrogens is 2. The lowest BCUT2D eigenvalue weighted by molar-refractivity contribution is 0.328. The lowest BCUT2D eigenvalue weighted by Crippen LogP contribution is -2.28. The van der Waals surface area contributed by atoms with Crippen LogP contribution in [0, 0.1) is 12.8 Å². The fraction of sp³-hybridized carbons (Fsp3) is 0.692. The van der Waals surface area contributed by atoms with Crippen molar-refractivity contribution in [2.45, 2.75) is 52.0 Å². The predicted molar refractivity (Wildman–Crippen MR) is 66.4 cm³/mol. The van der Waals surface area contributed by atoms with Crippen LogP contribution in [0.4, 0.5) is 5.82 Å². The topological polar surface area (TPSA) is 37.8 Å².